The van der Waals surface area contributed by atoms with Crippen molar-refractivity contribution in [2.24, 2.45) is 0 Å². The van der Waals surface area contributed by atoms with Crippen molar-refractivity contribution in [3.8, 4) is 0 Å². The van der Waals surface area contributed by atoms with E-state index >= 15 is 0 Å². The lowest BCUT2D eigenvalue weighted by atomic mass is 10.1. The number of carbonyl (C=O) groups is 1. The van der Waals surface area contributed by atoms with Crippen LogP contribution in [0.3, 0.4) is 0 Å². The first-order chi connectivity index (χ1) is 8.97. The molecule has 5 heteroatoms. The van der Waals surface area contributed by atoms with E-state index in [4.69, 9.17) is 17.3 Å². The molecule has 2 aromatic carbocycles. The Morgan fingerprint density at radius 1 is 1.26 bits per heavy atom. The number of aryl methyl sites for hydroxylation is 1. The molecule has 0 radical (unpaired) electrons. The maximum absolute atomic E-state index is 12.9. The first kappa shape index (κ1) is 13.4. The molecule has 0 aliphatic rings. The topological polar surface area (TPSA) is 55.1 Å². The molecule has 0 saturated heterocycles. The summed E-state index contributed by atoms with van der Waals surface area (Å²) in [6.07, 6.45) is 0. The third kappa shape index (κ3) is 3.03. The van der Waals surface area contributed by atoms with Crippen LogP contribution in [0.5, 0.6) is 0 Å². The summed E-state index contributed by atoms with van der Waals surface area (Å²) < 4.78 is 12.9. The summed E-state index contributed by atoms with van der Waals surface area (Å²) in [5.74, 6) is -0.759. The lowest BCUT2D eigenvalue weighted by molar-refractivity contribution is 0.102. The van der Waals surface area contributed by atoms with Gasteiger partial charge < -0.3 is 11.1 Å². The molecule has 0 spiro atoms. The Labute approximate surface area is 115 Å². The Bertz CT molecular complexity index is 643. The Balaban J connectivity index is 2.25. The molecule has 2 rings (SSSR count). The van der Waals surface area contributed by atoms with Crippen molar-refractivity contribution in [1.82, 2.24) is 0 Å². The summed E-state index contributed by atoms with van der Waals surface area (Å²) in [4.78, 5) is 12.1. The molecule has 0 unspecified atom stereocenters. The Kier molecular flexibility index (Phi) is 3.71. The van der Waals surface area contributed by atoms with E-state index in [1.165, 1.54) is 12.1 Å². The van der Waals surface area contributed by atoms with E-state index in [9.17, 15) is 9.18 Å². The van der Waals surface area contributed by atoms with Gasteiger partial charge in [-0.2, -0.15) is 0 Å². The molecule has 0 fully saturated rings. The van der Waals surface area contributed by atoms with Crippen LogP contribution < -0.4 is 11.1 Å². The number of anilines is 2. The van der Waals surface area contributed by atoms with E-state index in [2.05, 4.69) is 5.32 Å². The minimum absolute atomic E-state index is 0.181. The van der Waals surface area contributed by atoms with Crippen LogP contribution in [-0.2, 0) is 0 Å². The number of hydrogen-bond donors (Lipinski definition) is 2. The van der Waals surface area contributed by atoms with Crippen molar-refractivity contribution < 1.29 is 9.18 Å². The third-order valence-corrected chi connectivity index (χ3v) is 2.93. The van der Waals surface area contributed by atoms with Crippen LogP contribution in [0.15, 0.2) is 36.4 Å². The largest absolute Gasteiger partial charge is 0.397 e. The SMILES string of the molecule is Cc1cc(Cl)ccc1C(=O)Nc1ccc(F)cc1N. The third-order valence-electron chi connectivity index (χ3n) is 2.69. The second-order valence-electron chi connectivity index (χ2n) is 4.14. The highest BCUT2D eigenvalue weighted by molar-refractivity contribution is 6.30. The van der Waals surface area contributed by atoms with Gasteiger partial charge in [0.15, 0.2) is 0 Å². The van der Waals surface area contributed by atoms with Gasteiger partial charge in [-0.1, -0.05) is 11.6 Å². The average Bonchev–Trinajstić information content (AvgIpc) is 2.32. The first-order valence-corrected chi connectivity index (χ1v) is 5.97. The molecule has 0 heterocycles. The van der Waals surface area contributed by atoms with Crippen LogP contribution in [0.4, 0.5) is 15.8 Å². The molecule has 0 aromatic heterocycles. The molecule has 98 valence electrons. The zero-order chi connectivity index (χ0) is 14.0. The lowest BCUT2D eigenvalue weighted by Crippen LogP contribution is -2.14. The van der Waals surface area contributed by atoms with Crippen molar-refractivity contribution in [3.63, 3.8) is 0 Å². The van der Waals surface area contributed by atoms with Crippen LogP contribution >= 0.6 is 11.6 Å². The van der Waals surface area contributed by atoms with E-state index in [-0.39, 0.29) is 11.6 Å². The zero-order valence-electron chi connectivity index (χ0n) is 10.2. The Morgan fingerprint density at radius 2 is 2.00 bits per heavy atom. The van der Waals surface area contributed by atoms with Crippen LogP contribution in [0, 0.1) is 12.7 Å². The smallest absolute Gasteiger partial charge is 0.255 e. The summed E-state index contributed by atoms with van der Waals surface area (Å²) >= 11 is 5.83. The van der Waals surface area contributed by atoms with E-state index in [1.54, 1.807) is 25.1 Å². The molecule has 3 N–H and O–H groups in total. The maximum Gasteiger partial charge on any atom is 0.255 e. The van der Waals surface area contributed by atoms with Crippen LogP contribution in [0.25, 0.3) is 0 Å². The number of rotatable bonds is 2. The standard InChI is InChI=1S/C14H12ClFN2O/c1-8-6-9(15)2-4-11(8)14(19)18-13-5-3-10(16)7-12(13)17/h2-7H,17H2,1H3,(H,18,19). The predicted molar refractivity (Wildman–Crippen MR) is 75.0 cm³/mol. The highest BCUT2D eigenvalue weighted by Crippen LogP contribution is 2.21. The molecule has 0 atom stereocenters. The number of halogens is 2. The van der Waals surface area contributed by atoms with Gasteiger partial charge >= 0.3 is 0 Å². The van der Waals surface area contributed by atoms with Crippen LogP contribution in [0.2, 0.25) is 5.02 Å². The van der Waals surface area contributed by atoms with Gasteiger partial charge in [0.2, 0.25) is 0 Å². The molecule has 0 saturated carbocycles. The molecular formula is C14H12ClFN2O. The van der Waals surface area contributed by atoms with E-state index in [1.807, 2.05) is 0 Å². The second-order valence-corrected chi connectivity index (χ2v) is 4.58. The Hall–Kier alpha value is -2.07. The predicted octanol–water partition coefficient (Wildman–Crippen LogP) is 3.62. The summed E-state index contributed by atoms with van der Waals surface area (Å²) in [6, 6.07) is 8.79. The van der Waals surface area contributed by atoms with Crippen molar-refractivity contribution in [2.45, 2.75) is 6.92 Å². The number of carbonyl (C=O) groups excluding carboxylic acids is 1. The van der Waals surface area contributed by atoms with Gasteiger partial charge in [0.25, 0.3) is 5.91 Å². The van der Waals surface area contributed by atoms with Crippen molar-refractivity contribution in [3.05, 3.63) is 58.4 Å². The summed E-state index contributed by atoms with van der Waals surface area (Å²) in [7, 11) is 0. The fourth-order valence-corrected chi connectivity index (χ4v) is 1.95. The summed E-state index contributed by atoms with van der Waals surface area (Å²) in [5.41, 5.74) is 7.44. The number of benzene rings is 2. The van der Waals surface area contributed by atoms with Gasteiger partial charge in [-0.05, 0) is 48.9 Å². The number of nitrogens with two attached hydrogens (primary N) is 1. The highest BCUT2D eigenvalue weighted by atomic mass is 35.5. The summed E-state index contributed by atoms with van der Waals surface area (Å²) in [5, 5.41) is 3.21. The Morgan fingerprint density at radius 3 is 2.63 bits per heavy atom. The normalized spacial score (nSPS) is 10.3. The second kappa shape index (κ2) is 5.28. The van der Waals surface area contributed by atoms with Gasteiger partial charge in [-0.25, -0.2) is 4.39 Å². The molecular weight excluding hydrogens is 267 g/mol. The number of hydrogen-bond acceptors (Lipinski definition) is 2. The van der Waals surface area contributed by atoms with Crippen molar-refractivity contribution in [2.75, 3.05) is 11.1 Å². The van der Waals surface area contributed by atoms with Gasteiger partial charge in [0, 0.05) is 10.6 Å². The van der Waals surface area contributed by atoms with Gasteiger partial charge in [-0.15, -0.1) is 0 Å². The first-order valence-electron chi connectivity index (χ1n) is 5.60. The van der Waals surface area contributed by atoms with Gasteiger partial charge in [-0.3, -0.25) is 4.79 Å². The zero-order valence-corrected chi connectivity index (χ0v) is 11.0. The number of nitrogens with one attached hydrogen (secondary N) is 1. The molecule has 0 aliphatic carbocycles. The van der Waals surface area contributed by atoms with Crippen LogP contribution in [0.1, 0.15) is 15.9 Å². The number of nitrogen functional groups attached to an aromatic ring is 1. The quantitative estimate of drug-likeness (QED) is 0.824. The molecule has 2 aromatic rings. The molecule has 19 heavy (non-hydrogen) atoms. The van der Waals surface area contributed by atoms with E-state index in [0.717, 1.165) is 11.6 Å². The molecule has 0 aliphatic heterocycles. The minimum atomic E-state index is -0.446. The van der Waals surface area contributed by atoms with Crippen molar-refractivity contribution >= 4 is 28.9 Å². The monoisotopic (exact) mass is 278 g/mol. The van der Waals surface area contributed by atoms with Gasteiger partial charge in [0.1, 0.15) is 5.82 Å². The molecule has 3 nitrogen and oxygen atoms in total. The van der Waals surface area contributed by atoms with E-state index in [0.29, 0.717) is 16.3 Å². The maximum atomic E-state index is 12.9. The number of amides is 1. The highest BCUT2D eigenvalue weighted by Gasteiger charge is 2.11. The fourth-order valence-electron chi connectivity index (χ4n) is 1.72. The lowest BCUT2D eigenvalue weighted by Gasteiger charge is -2.10. The van der Waals surface area contributed by atoms with Crippen LogP contribution in [-0.4, -0.2) is 5.91 Å². The van der Waals surface area contributed by atoms with E-state index < -0.39 is 5.82 Å². The molecule has 1 amide bonds. The van der Waals surface area contributed by atoms with Gasteiger partial charge in [0.05, 0.1) is 11.4 Å². The average molecular weight is 279 g/mol. The van der Waals surface area contributed by atoms with Crippen molar-refractivity contribution in [1.29, 1.82) is 0 Å². The summed E-state index contributed by atoms with van der Waals surface area (Å²) in [6.45, 7) is 1.79. The molecule has 0 bridgehead atoms. The minimum Gasteiger partial charge on any atom is -0.397 e. The fraction of sp³-hybridized carbons (Fsp3) is 0.0714.